The van der Waals surface area contributed by atoms with Gasteiger partial charge in [0.05, 0.1) is 6.20 Å². The van der Waals surface area contributed by atoms with E-state index < -0.39 is 9.61 Å². The molecule has 0 N–H and O–H groups in total. The summed E-state index contributed by atoms with van der Waals surface area (Å²) in [5.74, 6) is -0.597. The molecule has 0 atom stereocenters. The van der Waals surface area contributed by atoms with Gasteiger partial charge in [0, 0.05) is 5.56 Å². The first kappa shape index (κ1) is 10.3. The van der Waals surface area contributed by atoms with Crippen LogP contribution >= 0.6 is 46.4 Å². The van der Waals surface area contributed by atoms with Crippen LogP contribution in [0.3, 0.4) is 0 Å². The largest absolute Gasteiger partial charge is 0.241 e. The number of hydrogen-bond donors (Lipinski definition) is 0. The van der Waals surface area contributed by atoms with E-state index >= 15 is 0 Å². The molecule has 1 nitrogen and oxygen atoms in total. The first-order valence-electron chi connectivity index (χ1n) is 2.79. The Kier molecular flexibility index (Phi) is 3.05. The van der Waals surface area contributed by atoms with E-state index in [-0.39, 0.29) is 10.7 Å². The third-order valence-electron chi connectivity index (χ3n) is 1.11. The highest BCUT2D eigenvalue weighted by molar-refractivity contribution is 6.67. The van der Waals surface area contributed by atoms with E-state index in [2.05, 4.69) is 4.98 Å². The van der Waals surface area contributed by atoms with Crippen molar-refractivity contribution in [1.82, 2.24) is 4.98 Å². The average Bonchev–Trinajstić information content (AvgIpc) is 1.92. The van der Waals surface area contributed by atoms with E-state index in [9.17, 15) is 4.39 Å². The molecule has 0 aliphatic rings. The van der Waals surface area contributed by atoms with Crippen molar-refractivity contribution in [1.29, 1.82) is 0 Å². The van der Waals surface area contributed by atoms with Gasteiger partial charge in [-0.05, 0) is 6.07 Å². The van der Waals surface area contributed by atoms with Gasteiger partial charge in [-0.3, -0.25) is 0 Å². The summed E-state index contributed by atoms with van der Waals surface area (Å²) < 4.78 is 10.8. The SMILES string of the molecule is Fc1cnc(Cl)c(C(Cl)(Cl)Cl)c1. The number of nitrogens with zero attached hydrogens (tertiary/aromatic N) is 1. The Balaban J connectivity index is 3.23. The van der Waals surface area contributed by atoms with Crippen molar-refractivity contribution in [2.45, 2.75) is 3.79 Å². The van der Waals surface area contributed by atoms with Gasteiger partial charge in [0.2, 0.25) is 3.79 Å². The lowest BCUT2D eigenvalue weighted by atomic mass is 10.3. The third kappa shape index (κ3) is 2.36. The molecule has 0 aliphatic carbocycles. The van der Waals surface area contributed by atoms with Crippen molar-refractivity contribution in [2.24, 2.45) is 0 Å². The molecule has 0 spiro atoms. The van der Waals surface area contributed by atoms with Crippen LogP contribution in [0.2, 0.25) is 5.15 Å². The Morgan fingerprint density at radius 3 is 2.33 bits per heavy atom. The van der Waals surface area contributed by atoms with Gasteiger partial charge in [0.1, 0.15) is 11.0 Å². The lowest BCUT2D eigenvalue weighted by molar-refractivity contribution is 0.619. The molecule has 0 aromatic carbocycles. The lowest BCUT2D eigenvalue weighted by Crippen LogP contribution is -2.03. The van der Waals surface area contributed by atoms with Crippen molar-refractivity contribution < 1.29 is 4.39 Å². The quantitative estimate of drug-likeness (QED) is 0.504. The van der Waals surface area contributed by atoms with Gasteiger partial charge < -0.3 is 0 Å². The highest BCUT2D eigenvalue weighted by atomic mass is 35.6. The molecule has 0 amide bonds. The maximum Gasteiger partial charge on any atom is 0.219 e. The molecular formula is C6H2Cl4FN. The summed E-state index contributed by atoms with van der Waals surface area (Å²) in [5, 5.41) is -0.0172. The van der Waals surface area contributed by atoms with Gasteiger partial charge in [0.15, 0.2) is 0 Å². The lowest BCUT2D eigenvalue weighted by Gasteiger charge is -2.11. The summed E-state index contributed by atoms with van der Waals surface area (Å²) in [6, 6.07) is 1.03. The van der Waals surface area contributed by atoms with E-state index in [1.54, 1.807) is 0 Å². The zero-order valence-corrected chi connectivity index (χ0v) is 8.52. The molecule has 1 aromatic heterocycles. The van der Waals surface area contributed by atoms with Gasteiger partial charge in [-0.15, -0.1) is 0 Å². The molecule has 0 saturated heterocycles. The van der Waals surface area contributed by atoms with Crippen LogP contribution in [-0.2, 0) is 3.79 Å². The minimum absolute atomic E-state index is 0.0172. The number of alkyl halides is 3. The fourth-order valence-electron chi connectivity index (χ4n) is 0.621. The molecule has 66 valence electrons. The second kappa shape index (κ2) is 3.54. The minimum Gasteiger partial charge on any atom is -0.241 e. The Bertz CT molecular complexity index is 296. The molecule has 0 radical (unpaired) electrons. The molecule has 0 unspecified atom stereocenters. The Morgan fingerprint density at radius 2 is 1.92 bits per heavy atom. The van der Waals surface area contributed by atoms with E-state index in [1.165, 1.54) is 0 Å². The Morgan fingerprint density at radius 1 is 1.33 bits per heavy atom. The van der Waals surface area contributed by atoms with E-state index in [1.807, 2.05) is 0 Å². The number of pyridine rings is 1. The van der Waals surface area contributed by atoms with E-state index in [4.69, 9.17) is 46.4 Å². The minimum atomic E-state index is -1.74. The molecule has 0 fully saturated rings. The van der Waals surface area contributed by atoms with Crippen LogP contribution in [-0.4, -0.2) is 4.98 Å². The van der Waals surface area contributed by atoms with Crippen molar-refractivity contribution in [2.75, 3.05) is 0 Å². The van der Waals surface area contributed by atoms with Crippen molar-refractivity contribution in [3.05, 3.63) is 28.8 Å². The maximum atomic E-state index is 12.6. The predicted molar refractivity (Wildman–Crippen MR) is 48.4 cm³/mol. The molecule has 1 aromatic rings. The van der Waals surface area contributed by atoms with Crippen LogP contribution < -0.4 is 0 Å². The normalized spacial score (nSPS) is 11.8. The first-order valence-corrected chi connectivity index (χ1v) is 4.30. The number of hydrogen-bond acceptors (Lipinski definition) is 1. The average molecular weight is 249 g/mol. The third-order valence-corrected chi connectivity index (χ3v) is 2.02. The Labute approximate surface area is 88.4 Å². The summed E-state index contributed by atoms with van der Waals surface area (Å²) in [6.07, 6.45) is 0.947. The van der Waals surface area contributed by atoms with Crippen LogP contribution in [0.15, 0.2) is 12.3 Å². The van der Waals surface area contributed by atoms with Gasteiger partial charge in [-0.2, -0.15) is 0 Å². The molecule has 6 heteroatoms. The fourth-order valence-corrected chi connectivity index (χ4v) is 1.44. The van der Waals surface area contributed by atoms with Gasteiger partial charge >= 0.3 is 0 Å². The predicted octanol–water partition coefficient (Wildman–Crippen LogP) is 3.70. The number of rotatable bonds is 0. The topological polar surface area (TPSA) is 12.9 Å². The van der Waals surface area contributed by atoms with Crippen molar-refractivity contribution in [3.8, 4) is 0 Å². The molecule has 1 heterocycles. The number of halogens is 5. The maximum absolute atomic E-state index is 12.6. The summed E-state index contributed by atoms with van der Waals surface area (Å²) in [7, 11) is 0. The second-order valence-electron chi connectivity index (χ2n) is 1.99. The smallest absolute Gasteiger partial charge is 0.219 e. The van der Waals surface area contributed by atoms with Gasteiger partial charge in [0.25, 0.3) is 0 Å². The fraction of sp³-hybridized carbons (Fsp3) is 0.167. The van der Waals surface area contributed by atoms with Crippen molar-refractivity contribution >= 4 is 46.4 Å². The second-order valence-corrected chi connectivity index (χ2v) is 4.63. The molecule has 0 saturated carbocycles. The monoisotopic (exact) mass is 247 g/mol. The molecular weight excluding hydrogens is 247 g/mol. The first-order chi connectivity index (χ1) is 5.41. The van der Waals surface area contributed by atoms with Crippen LogP contribution in [0.5, 0.6) is 0 Å². The van der Waals surface area contributed by atoms with Gasteiger partial charge in [-0.25, -0.2) is 9.37 Å². The van der Waals surface area contributed by atoms with Crippen LogP contribution in [0.4, 0.5) is 4.39 Å². The highest BCUT2D eigenvalue weighted by Crippen LogP contribution is 2.41. The zero-order valence-electron chi connectivity index (χ0n) is 5.49. The molecule has 12 heavy (non-hydrogen) atoms. The van der Waals surface area contributed by atoms with Crippen LogP contribution in [0.1, 0.15) is 5.56 Å². The van der Waals surface area contributed by atoms with Crippen LogP contribution in [0.25, 0.3) is 0 Å². The molecule has 0 aliphatic heterocycles. The van der Waals surface area contributed by atoms with Gasteiger partial charge in [-0.1, -0.05) is 46.4 Å². The summed E-state index contributed by atoms with van der Waals surface area (Å²) >= 11 is 22.0. The summed E-state index contributed by atoms with van der Waals surface area (Å²) in [4.78, 5) is 3.48. The van der Waals surface area contributed by atoms with E-state index in [0.29, 0.717) is 0 Å². The summed E-state index contributed by atoms with van der Waals surface area (Å²) in [5.41, 5.74) is 0.0363. The summed E-state index contributed by atoms with van der Waals surface area (Å²) in [6.45, 7) is 0. The number of aromatic nitrogens is 1. The zero-order chi connectivity index (χ0) is 9.35. The Hall–Kier alpha value is 0.240. The van der Waals surface area contributed by atoms with Crippen molar-refractivity contribution in [3.63, 3.8) is 0 Å². The van der Waals surface area contributed by atoms with E-state index in [0.717, 1.165) is 12.3 Å². The highest BCUT2D eigenvalue weighted by Gasteiger charge is 2.26. The van der Waals surface area contributed by atoms with Crippen LogP contribution in [0, 0.1) is 5.82 Å². The standard InChI is InChI=1S/C6H2Cl4FN/c7-5-4(6(8,9)10)1-3(11)2-12-5/h1-2H. The molecule has 1 rings (SSSR count). The molecule has 0 bridgehead atoms.